The maximum Gasteiger partial charge on any atom is 0.0705 e. The molecule has 3 nitrogen and oxygen atoms in total. The Hall–Kier alpha value is -2.26. The molecule has 0 N–H and O–H groups in total. The molecule has 1 aromatic carbocycles. The van der Waals surface area contributed by atoms with Crippen LogP contribution in [0.1, 0.15) is 36.2 Å². The minimum Gasteiger partial charge on any atom is -0.294 e. The smallest absolute Gasteiger partial charge is 0.0705 e. The summed E-state index contributed by atoms with van der Waals surface area (Å²) >= 11 is 0. The first-order valence-electron chi connectivity index (χ1n) is 8.15. The molecule has 0 aliphatic heterocycles. The minimum atomic E-state index is 0.322. The molecule has 118 valence electrons. The number of hydrogen-bond donors (Lipinski definition) is 0. The predicted molar refractivity (Wildman–Crippen MR) is 95.2 cm³/mol. The lowest BCUT2D eigenvalue weighted by Crippen LogP contribution is -2.25. The van der Waals surface area contributed by atoms with Gasteiger partial charge in [0.25, 0.3) is 0 Å². The third-order valence-electron chi connectivity index (χ3n) is 4.49. The van der Waals surface area contributed by atoms with Crippen LogP contribution in [0.3, 0.4) is 0 Å². The van der Waals surface area contributed by atoms with Crippen LogP contribution >= 0.6 is 0 Å². The fourth-order valence-electron chi connectivity index (χ4n) is 3.21. The minimum absolute atomic E-state index is 0.322. The molecule has 0 bridgehead atoms. The van der Waals surface area contributed by atoms with Gasteiger partial charge >= 0.3 is 0 Å². The molecule has 0 amide bonds. The summed E-state index contributed by atoms with van der Waals surface area (Å²) in [6, 6.07) is 14.9. The summed E-state index contributed by atoms with van der Waals surface area (Å²) in [5.41, 5.74) is 4.86. The van der Waals surface area contributed by atoms with E-state index in [0.717, 1.165) is 24.2 Å². The van der Waals surface area contributed by atoms with E-state index in [1.807, 2.05) is 24.5 Å². The Balaban J connectivity index is 1.93. The Morgan fingerprint density at radius 1 is 1.00 bits per heavy atom. The van der Waals surface area contributed by atoms with Gasteiger partial charge in [0.05, 0.1) is 17.3 Å². The quantitative estimate of drug-likeness (QED) is 0.694. The van der Waals surface area contributed by atoms with Crippen molar-refractivity contribution in [1.29, 1.82) is 0 Å². The lowest BCUT2D eigenvalue weighted by molar-refractivity contribution is 0.226. The number of nitrogens with zero attached hydrogens (tertiary/aromatic N) is 3. The van der Waals surface area contributed by atoms with Gasteiger partial charge in [-0.2, -0.15) is 0 Å². The number of aromatic nitrogens is 2. The van der Waals surface area contributed by atoms with Gasteiger partial charge in [-0.15, -0.1) is 0 Å². The van der Waals surface area contributed by atoms with Crippen molar-refractivity contribution in [2.24, 2.45) is 0 Å². The summed E-state index contributed by atoms with van der Waals surface area (Å²) in [6.45, 7) is 5.29. The topological polar surface area (TPSA) is 29.0 Å². The first-order chi connectivity index (χ1) is 11.2. The van der Waals surface area contributed by atoms with Crippen LogP contribution in [0.5, 0.6) is 0 Å². The zero-order valence-corrected chi connectivity index (χ0v) is 14.0. The van der Waals surface area contributed by atoms with Crippen LogP contribution in [0.25, 0.3) is 10.9 Å². The Morgan fingerprint density at radius 3 is 2.57 bits per heavy atom. The lowest BCUT2D eigenvalue weighted by atomic mass is 10.0. The van der Waals surface area contributed by atoms with E-state index in [-0.39, 0.29) is 0 Å². The molecular formula is C20H23N3. The van der Waals surface area contributed by atoms with Crippen molar-refractivity contribution in [3.8, 4) is 0 Å². The van der Waals surface area contributed by atoms with Crippen LogP contribution in [0, 0.1) is 6.92 Å². The van der Waals surface area contributed by atoms with Gasteiger partial charge in [0.2, 0.25) is 0 Å². The molecule has 3 aromatic rings. The Bertz CT molecular complexity index is 783. The molecule has 0 fully saturated rings. The molecule has 1 unspecified atom stereocenters. The Labute approximate surface area is 138 Å². The highest BCUT2D eigenvalue weighted by atomic mass is 15.1. The zero-order valence-electron chi connectivity index (χ0n) is 14.0. The van der Waals surface area contributed by atoms with Crippen molar-refractivity contribution >= 4 is 10.9 Å². The summed E-state index contributed by atoms with van der Waals surface area (Å²) in [5, 5.41) is 1.25. The molecule has 3 rings (SSSR count). The normalized spacial score (nSPS) is 12.7. The van der Waals surface area contributed by atoms with E-state index in [1.54, 1.807) is 0 Å². The zero-order chi connectivity index (χ0) is 16.2. The highest BCUT2D eigenvalue weighted by Crippen LogP contribution is 2.27. The SMILES string of the molecule is CCC(c1ccccn1)N(C)Cc1c(C)ccc2ncccc12. The summed E-state index contributed by atoms with van der Waals surface area (Å²) in [7, 11) is 2.18. The molecule has 0 aliphatic rings. The summed E-state index contributed by atoms with van der Waals surface area (Å²) in [4.78, 5) is 11.4. The van der Waals surface area contributed by atoms with Crippen molar-refractivity contribution in [1.82, 2.24) is 14.9 Å². The Kier molecular flexibility index (Phi) is 4.68. The van der Waals surface area contributed by atoms with Gasteiger partial charge in [0.15, 0.2) is 0 Å². The van der Waals surface area contributed by atoms with E-state index in [1.165, 1.54) is 16.5 Å². The third kappa shape index (κ3) is 3.25. The summed E-state index contributed by atoms with van der Waals surface area (Å²) in [6.07, 6.45) is 4.77. The second-order valence-corrected chi connectivity index (χ2v) is 6.02. The number of hydrogen-bond acceptors (Lipinski definition) is 3. The lowest BCUT2D eigenvalue weighted by Gasteiger charge is -2.27. The molecule has 1 atom stereocenters. The van der Waals surface area contributed by atoms with E-state index in [9.17, 15) is 0 Å². The van der Waals surface area contributed by atoms with Gasteiger partial charge in [-0.25, -0.2) is 0 Å². The molecule has 0 saturated heterocycles. The average Bonchev–Trinajstić information content (AvgIpc) is 2.59. The highest BCUT2D eigenvalue weighted by molar-refractivity contribution is 5.83. The fourth-order valence-corrected chi connectivity index (χ4v) is 3.21. The molecule has 2 heterocycles. The standard InChI is InChI=1S/C20H23N3/c1-4-20(19-9-5-6-12-22-19)23(3)14-17-15(2)10-11-18-16(17)8-7-13-21-18/h5-13,20H,4,14H2,1-3H3. The second kappa shape index (κ2) is 6.88. The largest absolute Gasteiger partial charge is 0.294 e. The second-order valence-electron chi connectivity index (χ2n) is 6.02. The van der Waals surface area contributed by atoms with E-state index >= 15 is 0 Å². The highest BCUT2D eigenvalue weighted by Gasteiger charge is 2.18. The number of fused-ring (bicyclic) bond motifs is 1. The van der Waals surface area contributed by atoms with E-state index < -0.39 is 0 Å². The fraction of sp³-hybridized carbons (Fsp3) is 0.300. The maximum absolute atomic E-state index is 4.54. The Morgan fingerprint density at radius 2 is 1.83 bits per heavy atom. The van der Waals surface area contributed by atoms with Gasteiger partial charge in [0.1, 0.15) is 0 Å². The molecule has 0 aliphatic carbocycles. The maximum atomic E-state index is 4.54. The number of rotatable bonds is 5. The third-order valence-corrected chi connectivity index (χ3v) is 4.49. The van der Waals surface area contributed by atoms with Crippen LogP contribution in [-0.2, 0) is 6.54 Å². The molecule has 0 spiro atoms. The van der Waals surface area contributed by atoms with Crippen LogP contribution in [0.15, 0.2) is 54.9 Å². The first kappa shape index (κ1) is 15.6. The summed E-state index contributed by atoms with van der Waals surface area (Å²) in [5.74, 6) is 0. The van der Waals surface area contributed by atoms with Gasteiger partial charge in [-0.05, 0) is 55.8 Å². The van der Waals surface area contributed by atoms with E-state index in [0.29, 0.717) is 6.04 Å². The number of benzene rings is 1. The number of pyridine rings is 2. The van der Waals surface area contributed by atoms with Crippen LogP contribution in [-0.4, -0.2) is 21.9 Å². The molecule has 0 saturated carbocycles. The molecule has 3 heteroatoms. The van der Waals surface area contributed by atoms with Crippen LogP contribution in [0.2, 0.25) is 0 Å². The van der Waals surface area contributed by atoms with Crippen molar-refractivity contribution in [3.05, 3.63) is 71.7 Å². The van der Waals surface area contributed by atoms with Crippen LogP contribution in [0.4, 0.5) is 0 Å². The molecule has 0 radical (unpaired) electrons. The van der Waals surface area contributed by atoms with Crippen LogP contribution < -0.4 is 0 Å². The summed E-state index contributed by atoms with van der Waals surface area (Å²) < 4.78 is 0. The van der Waals surface area contributed by atoms with E-state index in [2.05, 4.69) is 66.1 Å². The molecule has 23 heavy (non-hydrogen) atoms. The number of aryl methyl sites for hydroxylation is 1. The van der Waals surface area contributed by atoms with Crippen molar-refractivity contribution < 1.29 is 0 Å². The van der Waals surface area contributed by atoms with Gasteiger partial charge < -0.3 is 0 Å². The molecular weight excluding hydrogens is 282 g/mol. The van der Waals surface area contributed by atoms with Gasteiger partial charge in [0, 0.05) is 24.3 Å². The van der Waals surface area contributed by atoms with Crippen molar-refractivity contribution in [2.45, 2.75) is 32.9 Å². The first-order valence-corrected chi connectivity index (χ1v) is 8.15. The average molecular weight is 305 g/mol. The molecule has 2 aromatic heterocycles. The van der Waals surface area contributed by atoms with Gasteiger partial charge in [-0.1, -0.05) is 25.1 Å². The monoisotopic (exact) mass is 305 g/mol. The van der Waals surface area contributed by atoms with Gasteiger partial charge in [-0.3, -0.25) is 14.9 Å². The van der Waals surface area contributed by atoms with Crippen molar-refractivity contribution in [2.75, 3.05) is 7.05 Å². The predicted octanol–water partition coefficient (Wildman–Crippen LogP) is 4.52. The van der Waals surface area contributed by atoms with E-state index in [4.69, 9.17) is 0 Å². The van der Waals surface area contributed by atoms with Crippen molar-refractivity contribution in [3.63, 3.8) is 0 Å².